The highest BCUT2D eigenvalue weighted by molar-refractivity contribution is 7.92. The van der Waals surface area contributed by atoms with Crippen molar-refractivity contribution in [3.8, 4) is 11.5 Å². The molecule has 0 heterocycles. The van der Waals surface area contributed by atoms with Gasteiger partial charge in [-0.1, -0.05) is 17.7 Å². The molecular weight excluding hydrogens is 412 g/mol. The lowest BCUT2D eigenvalue weighted by atomic mass is 10.1. The van der Waals surface area contributed by atoms with Crippen molar-refractivity contribution in [1.82, 2.24) is 0 Å². The number of sulfonamides is 1. The van der Waals surface area contributed by atoms with Crippen LogP contribution in [0.15, 0.2) is 64.5 Å². The molecule has 3 aromatic carbocycles. The number of hydrogen-bond donors (Lipinski definition) is 1. The first-order valence-corrected chi connectivity index (χ1v) is 11.2. The SMILES string of the molecule is COc1ccc(C=Nc2ccc(S(=O)(=O)Nc3c(C)cc(C)cc3C)cc2)cc1OC. The summed E-state index contributed by atoms with van der Waals surface area (Å²) < 4.78 is 38.9. The fourth-order valence-electron chi connectivity index (χ4n) is 3.33. The third-order valence-electron chi connectivity index (χ3n) is 4.83. The molecule has 3 aromatic rings. The van der Waals surface area contributed by atoms with Crippen molar-refractivity contribution in [1.29, 1.82) is 0 Å². The quantitative estimate of drug-likeness (QED) is 0.516. The van der Waals surface area contributed by atoms with Gasteiger partial charge in [0.1, 0.15) is 0 Å². The van der Waals surface area contributed by atoms with Crippen molar-refractivity contribution in [3.63, 3.8) is 0 Å². The predicted octanol–water partition coefficient (Wildman–Crippen LogP) is 5.18. The van der Waals surface area contributed by atoms with E-state index >= 15 is 0 Å². The standard InChI is InChI=1S/C24H26N2O4S/c1-16-12-17(2)24(18(3)13-16)26-31(27,28)21-9-7-20(8-10-21)25-15-19-6-11-22(29-4)23(14-19)30-5/h6-15,26H,1-5H3. The zero-order chi connectivity index (χ0) is 22.6. The third-order valence-corrected chi connectivity index (χ3v) is 6.20. The summed E-state index contributed by atoms with van der Waals surface area (Å²) in [5.74, 6) is 1.25. The Morgan fingerprint density at radius 2 is 1.45 bits per heavy atom. The van der Waals surface area contributed by atoms with E-state index in [2.05, 4.69) is 9.71 Å². The van der Waals surface area contributed by atoms with E-state index in [0.717, 1.165) is 22.3 Å². The number of methoxy groups -OCH3 is 2. The zero-order valence-corrected chi connectivity index (χ0v) is 19.1. The van der Waals surface area contributed by atoms with Gasteiger partial charge >= 0.3 is 0 Å². The van der Waals surface area contributed by atoms with Crippen molar-refractivity contribution in [2.24, 2.45) is 4.99 Å². The molecule has 0 radical (unpaired) electrons. The normalized spacial score (nSPS) is 11.5. The van der Waals surface area contributed by atoms with Crippen LogP contribution in [-0.2, 0) is 10.0 Å². The van der Waals surface area contributed by atoms with E-state index in [1.54, 1.807) is 50.8 Å². The van der Waals surface area contributed by atoms with Crippen LogP contribution in [0.4, 0.5) is 11.4 Å². The molecule has 0 spiro atoms. The highest BCUT2D eigenvalue weighted by Crippen LogP contribution is 2.28. The van der Waals surface area contributed by atoms with Crippen LogP contribution < -0.4 is 14.2 Å². The predicted molar refractivity (Wildman–Crippen MR) is 125 cm³/mol. The molecule has 0 aromatic heterocycles. The van der Waals surface area contributed by atoms with E-state index in [1.807, 2.05) is 45.0 Å². The second kappa shape index (κ2) is 9.22. The molecule has 0 aliphatic carbocycles. The van der Waals surface area contributed by atoms with Crippen LogP contribution in [0.25, 0.3) is 0 Å². The number of nitrogens with one attached hydrogen (secondary N) is 1. The van der Waals surface area contributed by atoms with Crippen LogP contribution in [0, 0.1) is 20.8 Å². The minimum atomic E-state index is -3.70. The molecule has 162 valence electrons. The largest absolute Gasteiger partial charge is 0.493 e. The van der Waals surface area contributed by atoms with Crippen molar-refractivity contribution < 1.29 is 17.9 Å². The van der Waals surface area contributed by atoms with Gasteiger partial charge in [0.25, 0.3) is 10.0 Å². The molecule has 0 amide bonds. The number of ether oxygens (including phenoxy) is 2. The Hall–Kier alpha value is -3.32. The lowest BCUT2D eigenvalue weighted by Gasteiger charge is -2.14. The second-order valence-electron chi connectivity index (χ2n) is 7.25. The topological polar surface area (TPSA) is 77.0 Å². The molecule has 31 heavy (non-hydrogen) atoms. The Morgan fingerprint density at radius 1 is 0.839 bits per heavy atom. The van der Waals surface area contributed by atoms with E-state index in [-0.39, 0.29) is 4.90 Å². The monoisotopic (exact) mass is 438 g/mol. The van der Waals surface area contributed by atoms with E-state index in [9.17, 15) is 8.42 Å². The van der Waals surface area contributed by atoms with Crippen LogP contribution in [0.2, 0.25) is 0 Å². The Morgan fingerprint density at radius 3 is 2.03 bits per heavy atom. The van der Waals surface area contributed by atoms with Gasteiger partial charge in [-0.25, -0.2) is 8.42 Å². The number of aliphatic imine (C=N–C) groups is 1. The van der Waals surface area contributed by atoms with Crippen molar-refractivity contribution in [2.45, 2.75) is 25.7 Å². The molecule has 0 saturated carbocycles. The smallest absolute Gasteiger partial charge is 0.261 e. The van der Waals surface area contributed by atoms with E-state index in [0.29, 0.717) is 22.9 Å². The van der Waals surface area contributed by atoms with Gasteiger partial charge in [0.2, 0.25) is 0 Å². The Labute approximate surface area is 183 Å². The zero-order valence-electron chi connectivity index (χ0n) is 18.3. The fraction of sp³-hybridized carbons (Fsp3) is 0.208. The summed E-state index contributed by atoms with van der Waals surface area (Å²) in [6.07, 6.45) is 1.68. The number of anilines is 1. The average Bonchev–Trinajstić information content (AvgIpc) is 2.75. The lowest BCUT2D eigenvalue weighted by molar-refractivity contribution is 0.355. The summed E-state index contributed by atoms with van der Waals surface area (Å²) in [5.41, 5.74) is 4.95. The summed E-state index contributed by atoms with van der Waals surface area (Å²) in [7, 11) is -0.548. The number of rotatable bonds is 7. The Kier molecular flexibility index (Phi) is 6.65. The van der Waals surface area contributed by atoms with Crippen LogP contribution in [0.3, 0.4) is 0 Å². The molecule has 7 heteroatoms. The molecule has 0 fully saturated rings. The summed E-state index contributed by atoms with van der Waals surface area (Å²) in [5, 5.41) is 0. The number of benzene rings is 3. The summed E-state index contributed by atoms with van der Waals surface area (Å²) in [6, 6.07) is 15.8. The molecule has 0 bridgehead atoms. The number of nitrogens with zero attached hydrogens (tertiary/aromatic N) is 1. The number of hydrogen-bond acceptors (Lipinski definition) is 5. The molecule has 0 aliphatic rings. The molecule has 6 nitrogen and oxygen atoms in total. The number of aryl methyl sites for hydroxylation is 3. The first-order chi connectivity index (χ1) is 14.7. The van der Waals surface area contributed by atoms with Gasteiger partial charge in [-0.05, 0) is 79.9 Å². The van der Waals surface area contributed by atoms with Crippen LogP contribution in [-0.4, -0.2) is 28.9 Å². The fourth-order valence-corrected chi connectivity index (χ4v) is 4.53. The van der Waals surface area contributed by atoms with Gasteiger partial charge in [0.15, 0.2) is 11.5 Å². The van der Waals surface area contributed by atoms with Gasteiger partial charge in [0, 0.05) is 6.21 Å². The van der Waals surface area contributed by atoms with Crippen molar-refractivity contribution >= 4 is 27.6 Å². The Bertz CT molecular complexity index is 1190. The second-order valence-corrected chi connectivity index (χ2v) is 8.93. The van der Waals surface area contributed by atoms with E-state index in [4.69, 9.17) is 9.47 Å². The molecule has 0 unspecified atom stereocenters. The summed E-state index contributed by atoms with van der Waals surface area (Å²) in [4.78, 5) is 4.59. The van der Waals surface area contributed by atoms with Gasteiger partial charge in [-0.15, -0.1) is 0 Å². The van der Waals surface area contributed by atoms with Gasteiger partial charge in [0.05, 0.1) is 30.5 Å². The first-order valence-electron chi connectivity index (χ1n) is 9.70. The van der Waals surface area contributed by atoms with Gasteiger partial charge in [-0.3, -0.25) is 9.71 Å². The summed E-state index contributed by atoms with van der Waals surface area (Å²) in [6.45, 7) is 5.77. The Balaban J connectivity index is 1.79. The van der Waals surface area contributed by atoms with Crippen molar-refractivity contribution in [3.05, 3.63) is 76.9 Å². The highest BCUT2D eigenvalue weighted by Gasteiger charge is 2.16. The minimum absolute atomic E-state index is 0.178. The average molecular weight is 439 g/mol. The van der Waals surface area contributed by atoms with E-state index < -0.39 is 10.0 Å². The van der Waals surface area contributed by atoms with Gasteiger partial charge < -0.3 is 9.47 Å². The van der Waals surface area contributed by atoms with Crippen LogP contribution in [0.5, 0.6) is 11.5 Å². The first kappa shape index (κ1) is 22.4. The van der Waals surface area contributed by atoms with Crippen molar-refractivity contribution in [2.75, 3.05) is 18.9 Å². The third kappa shape index (κ3) is 5.24. The minimum Gasteiger partial charge on any atom is -0.493 e. The molecule has 3 rings (SSSR count). The maximum absolute atomic E-state index is 12.8. The molecule has 0 atom stereocenters. The maximum atomic E-state index is 12.8. The molecule has 0 saturated heterocycles. The maximum Gasteiger partial charge on any atom is 0.261 e. The van der Waals surface area contributed by atoms with Gasteiger partial charge in [-0.2, -0.15) is 0 Å². The summed E-state index contributed by atoms with van der Waals surface area (Å²) >= 11 is 0. The molecule has 0 aliphatic heterocycles. The highest BCUT2D eigenvalue weighted by atomic mass is 32.2. The molecule has 1 N–H and O–H groups in total. The molecular formula is C24H26N2O4S. The van der Waals surface area contributed by atoms with Crippen LogP contribution in [0.1, 0.15) is 22.3 Å². The van der Waals surface area contributed by atoms with E-state index in [1.165, 1.54) is 0 Å². The lowest BCUT2D eigenvalue weighted by Crippen LogP contribution is -2.14. The van der Waals surface area contributed by atoms with Crippen LogP contribution >= 0.6 is 0 Å².